The zero-order valence-electron chi connectivity index (χ0n) is 16.8. The number of anilines is 2. The van der Waals surface area contributed by atoms with Gasteiger partial charge in [0.25, 0.3) is 10.0 Å². The first-order valence-corrected chi connectivity index (χ1v) is 10.9. The van der Waals surface area contributed by atoms with Crippen LogP contribution in [0, 0.1) is 0 Å². The van der Waals surface area contributed by atoms with Crippen molar-refractivity contribution in [2.24, 2.45) is 0 Å². The summed E-state index contributed by atoms with van der Waals surface area (Å²) in [6.45, 7) is 1.38. The normalized spacial score (nSPS) is 11.0. The van der Waals surface area contributed by atoms with Crippen molar-refractivity contribution >= 4 is 27.3 Å². The van der Waals surface area contributed by atoms with Crippen LogP contribution in [0.4, 0.5) is 11.4 Å². The first kappa shape index (κ1) is 21.0. The lowest BCUT2D eigenvalue weighted by Crippen LogP contribution is -2.13. The summed E-state index contributed by atoms with van der Waals surface area (Å²) >= 11 is 0. The van der Waals surface area contributed by atoms with E-state index in [1.807, 2.05) is 0 Å². The van der Waals surface area contributed by atoms with Gasteiger partial charge in [-0.3, -0.25) is 14.1 Å². The second kappa shape index (κ2) is 8.86. The molecule has 11 heteroatoms. The molecule has 1 amide bonds. The average Bonchev–Trinajstić information content (AvgIpc) is 3.30. The summed E-state index contributed by atoms with van der Waals surface area (Å²) in [5.74, 6) is 1.17. The third-order valence-electron chi connectivity index (χ3n) is 4.21. The lowest BCUT2D eigenvalue weighted by atomic mass is 10.3. The van der Waals surface area contributed by atoms with Gasteiger partial charge in [-0.1, -0.05) is 0 Å². The van der Waals surface area contributed by atoms with E-state index in [1.165, 1.54) is 37.5 Å². The molecule has 10 nitrogen and oxygen atoms in total. The van der Waals surface area contributed by atoms with Crippen LogP contribution in [0.1, 0.15) is 6.92 Å². The van der Waals surface area contributed by atoms with Crippen LogP contribution in [0.2, 0.25) is 0 Å². The molecule has 0 aliphatic heterocycles. The van der Waals surface area contributed by atoms with Gasteiger partial charge in [-0.25, -0.2) is 23.4 Å². The number of imidazole rings is 1. The molecule has 2 aromatic carbocycles. The highest BCUT2D eigenvalue weighted by Gasteiger charge is 2.14. The number of hydrogen-bond acceptors (Lipinski definition) is 7. The maximum atomic E-state index is 12.6. The van der Waals surface area contributed by atoms with Crippen LogP contribution in [-0.2, 0) is 14.8 Å². The number of ether oxygens (including phenoxy) is 1. The Morgan fingerprint density at radius 1 is 1.00 bits per heavy atom. The minimum Gasteiger partial charge on any atom is -0.439 e. The fourth-order valence-electron chi connectivity index (χ4n) is 2.77. The van der Waals surface area contributed by atoms with Gasteiger partial charge in [0.05, 0.1) is 4.90 Å². The predicted octanol–water partition coefficient (Wildman–Crippen LogP) is 3.21. The van der Waals surface area contributed by atoms with Crippen molar-refractivity contribution in [1.29, 1.82) is 0 Å². The van der Waals surface area contributed by atoms with E-state index in [0.717, 1.165) is 0 Å². The maximum absolute atomic E-state index is 12.6. The molecule has 2 heterocycles. The van der Waals surface area contributed by atoms with Crippen molar-refractivity contribution in [3.8, 4) is 17.4 Å². The molecule has 0 aliphatic rings. The zero-order chi connectivity index (χ0) is 22.6. The summed E-state index contributed by atoms with van der Waals surface area (Å²) in [5.41, 5.74) is 0.879. The predicted molar refractivity (Wildman–Crippen MR) is 117 cm³/mol. The quantitative estimate of drug-likeness (QED) is 0.442. The molecule has 4 rings (SSSR count). The topological polar surface area (TPSA) is 128 Å². The number of rotatable bonds is 7. The molecular weight excluding hydrogens is 432 g/mol. The van der Waals surface area contributed by atoms with E-state index in [2.05, 4.69) is 25.0 Å². The van der Waals surface area contributed by atoms with Crippen LogP contribution >= 0.6 is 0 Å². The lowest BCUT2D eigenvalue weighted by molar-refractivity contribution is -0.114. The van der Waals surface area contributed by atoms with Gasteiger partial charge in [0.15, 0.2) is 0 Å². The SMILES string of the molecule is CC(=O)Nc1ccc(S(=O)(=O)Nc2ccc(Oc3cc(-n4ccnc4)ncn3)cc2)cc1. The second-order valence-corrected chi connectivity index (χ2v) is 8.30. The molecule has 0 fully saturated rings. The van der Waals surface area contributed by atoms with Crippen LogP contribution in [0.3, 0.4) is 0 Å². The van der Waals surface area contributed by atoms with Crippen molar-refractivity contribution < 1.29 is 17.9 Å². The minimum atomic E-state index is -3.79. The van der Waals surface area contributed by atoms with Gasteiger partial charge in [0.2, 0.25) is 11.8 Å². The third-order valence-corrected chi connectivity index (χ3v) is 5.61. The van der Waals surface area contributed by atoms with E-state index in [0.29, 0.717) is 28.8 Å². The van der Waals surface area contributed by atoms with Gasteiger partial charge in [0.1, 0.15) is 24.2 Å². The Labute approximate surface area is 184 Å². The second-order valence-electron chi connectivity index (χ2n) is 6.62. The summed E-state index contributed by atoms with van der Waals surface area (Å²) in [6, 6.07) is 13.9. The number of amides is 1. The average molecular weight is 450 g/mol. The van der Waals surface area contributed by atoms with Gasteiger partial charge in [-0.15, -0.1) is 0 Å². The van der Waals surface area contributed by atoms with Crippen LogP contribution in [0.5, 0.6) is 11.6 Å². The molecule has 0 atom stereocenters. The Morgan fingerprint density at radius 2 is 1.72 bits per heavy atom. The molecule has 0 aliphatic carbocycles. The number of carbonyl (C=O) groups excluding carboxylic acids is 1. The van der Waals surface area contributed by atoms with Crippen LogP contribution < -0.4 is 14.8 Å². The van der Waals surface area contributed by atoms with Crippen molar-refractivity contribution in [2.45, 2.75) is 11.8 Å². The first-order valence-electron chi connectivity index (χ1n) is 9.38. The maximum Gasteiger partial charge on any atom is 0.261 e. The number of carbonyl (C=O) groups is 1. The Bertz CT molecular complexity index is 1320. The van der Waals surface area contributed by atoms with Crippen LogP contribution in [0.15, 0.2) is 84.5 Å². The number of sulfonamides is 1. The zero-order valence-corrected chi connectivity index (χ0v) is 17.7. The van der Waals surface area contributed by atoms with E-state index in [4.69, 9.17) is 4.74 Å². The fourth-order valence-corrected chi connectivity index (χ4v) is 3.83. The molecule has 0 saturated heterocycles. The largest absolute Gasteiger partial charge is 0.439 e. The molecule has 162 valence electrons. The molecule has 2 aromatic heterocycles. The third kappa shape index (κ3) is 5.08. The molecule has 0 unspecified atom stereocenters. The highest BCUT2D eigenvalue weighted by molar-refractivity contribution is 7.92. The highest BCUT2D eigenvalue weighted by atomic mass is 32.2. The van der Waals surface area contributed by atoms with E-state index in [9.17, 15) is 13.2 Å². The molecule has 4 aromatic rings. The number of nitrogens with zero attached hydrogens (tertiary/aromatic N) is 4. The summed E-state index contributed by atoms with van der Waals surface area (Å²) in [7, 11) is -3.79. The molecule has 32 heavy (non-hydrogen) atoms. The molecule has 0 saturated carbocycles. The monoisotopic (exact) mass is 450 g/mol. The molecule has 0 spiro atoms. The van der Waals surface area contributed by atoms with E-state index in [1.54, 1.807) is 53.6 Å². The summed E-state index contributed by atoms with van der Waals surface area (Å²) < 4.78 is 35.2. The van der Waals surface area contributed by atoms with Gasteiger partial charge in [-0.05, 0) is 48.5 Å². The van der Waals surface area contributed by atoms with E-state index < -0.39 is 10.0 Å². The fraction of sp³-hybridized carbons (Fsp3) is 0.0476. The van der Waals surface area contributed by atoms with Crippen LogP contribution in [-0.4, -0.2) is 33.8 Å². The summed E-state index contributed by atoms with van der Waals surface area (Å²) in [5, 5.41) is 2.59. The van der Waals surface area contributed by atoms with E-state index in [-0.39, 0.29) is 10.8 Å². The van der Waals surface area contributed by atoms with E-state index >= 15 is 0 Å². The summed E-state index contributed by atoms with van der Waals surface area (Å²) in [4.78, 5) is 23.4. The van der Waals surface area contributed by atoms with Crippen molar-refractivity contribution in [1.82, 2.24) is 19.5 Å². The Balaban J connectivity index is 1.43. The molecule has 0 radical (unpaired) electrons. The van der Waals surface area contributed by atoms with Gasteiger partial charge in [-0.2, -0.15) is 0 Å². The van der Waals surface area contributed by atoms with Crippen molar-refractivity contribution in [3.63, 3.8) is 0 Å². The van der Waals surface area contributed by atoms with Gasteiger partial charge < -0.3 is 10.1 Å². The standard InChI is InChI=1S/C21H18N6O4S/c1-15(28)25-16-4-8-19(9-5-16)32(29,30)26-17-2-6-18(7-3-17)31-21-12-20(23-13-24-21)27-11-10-22-14-27/h2-14,26H,1H3,(H,25,28). The Morgan fingerprint density at radius 3 is 2.38 bits per heavy atom. The number of hydrogen-bond donors (Lipinski definition) is 2. The number of nitrogens with one attached hydrogen (secondary N) is 2. The Hall–Kier alpha value is -4.25. The Kier molecular flexibility index (Phi) is 5.81. The molecular formula is C21H18N6O4S. The smallest absolute Gasteiger partial charge is 0.261 e. The van der Waals surface area contributed by atoms with Crippen LogP contribution in [0.25, 0.3) is 5.82 Å². The summed E-state index contributed by atoms with van der Waals surface area (Å²) in [6.07, 6.45) is 6.38. The first-order chi connectivity index (χ1) is 15.4. The lowest BCUT2D eigenvalue weighted by Gasteiger charge is -2.10. The number of aromatic nitrogens is 4. The molecule has 2 N–H and O–H groups in total. The van der Waals surface area contributed by atoms with Gasteiger partial charge in [0, 0.05) is 36.8 Å². The van der Waals surface area contributed by atoms with Crippen molar-refractivity contribution in [2.75, 3.05) is 10.0 Å². The van der Waals surface area contributed by atoms with Gasteiger partial charge >= 0.3 is 0 Å². The highest BCUT2D eigenvalue weighted by Crippen LogP contribution is 2.24. The van der Waals surface area contributed by atoms with Crippen molar-refractivity contribution in [3.05, 3.63) is 79.6 Å². The number of benzene rings is 2. The minimum absolute atomic E-state index is 0.0694. The molecule has 0 bridgehead atoms.